The van der Waals surface area contributed by atoms with Crippen molar-refractivity contribution in [3.8, 4) is 0 Å². The Morgan fingerprint density at radius 2 is 1.87 bits per heavy atom. The number of aryl methyl sites for hydroxylation is 3. The first-order valence-electron chi connectivity index (χ1n) is 9.48. The van der Waals surface area contributed by atoms with Gasteiger partial charge in [-0.05, 0) is 51.0 Å². The van der Waals surface area contributed by atoms with Crippen LogP contribution in [-0.4, -0.2) is 34.6 Å². The molecule has 3 rings (SSSR count). The number of hydrogen-bond donors (Lipinski definition) is 1. The summed E-state index contributed by atoms with van der Waals surface area (Å²) in [6.45, 7) is 5.67. The summed E-state index contributed by atoms with van der Waals surface area (Å²) < 4.78 is 41.0. The topological polar surface area (TPSA) is 62.5 Å². The van der Waals surface area contributed by atoms with Crippen LogP contribution < -0.4 is 10.2 Å². The molecule has 0 radical (unpaired) electrons. The van der Waals surface area contributed by atoms with E-state index < -0.39 is 11.7 Å². The first-order valence-corrected chi connectivity index (χ1v) is 9.48. The van der Waals surface area contributed by atoms with Gasteiger partial charge in [0.15, 0.2) is 5.65 Å². The second-order valence-corrected chi connectivity index (χ2v) is 7.49. The number of fused-ring (bicyclic) bond motifs is 1. The molecule has 2 heterocycles. The molecule has 30 heavy (non-hydrogen) atoms. The first kappa shape index (κ1) is 21.6. The molecule has 0 saturated carbocycles. The Morgan fingerprint density at radius 3 is 2.50 bits per heavy atom. The van der Waals surface area contributed by atoms with E-state index in [0.717, 1.165) is 40.4 Å². The Bertz CT molecular complexity index is 1100. The van der Waals surface area contributed by atoms with E-state index in [2.05, 4.69) is 15.4 Å². The van der Waals surface area contributed by atoms with E-state index in [0.29, 0.717) is 12.1 Å². The van der Waals surface area contributed by atoms with Crippen molar-refractivity contribution < 1.29 is 18.0 Å². The SMILES string of the molecule is Cc1cc2nc(C)c(CCC(=O)Nc3cc(C(F)(F)F)ccc3N(C)C)c(C)n2n1. The van der Waals surface area contributed by atoms with Gasteiger partial charge < -0.3 is 10.2 Å². The molecule has 0 saturated heterocycles. The molecular weight excluding hydrogens is 395 g/mol. The summed E-state index contributed by atoms with van der Waals surface area (Å²) in [4.78, 5) is 18.7. The van der Waals surface area contributed by atoms with Crippen LogP contribution in [0.4, 0.5) is 24.5 Å². The minimum Gasteiger partial charge on any atom is -0.376 e. The Balaban J connectivity index is 1.80. The van der Waals surface area contributed by atoms with Crippen LogP contribution in [0.2, 0.25) is 0 Å². The molecule has 3 aromatic rings. The molecule has 0 unspecified atom stereocenters. The van der Waals surface area contributed by atoms with Crippen molar-refractivity contribution in [1.29, 1.82) is 0 Å². The number of carbonyl (C=O) groups excluding carboxylic acids is 1. The van der Waals surface area contributed by atoms with Crippen molar-refractivity contribution in [3.63, 3.8) is 0 Å². The molecule has 1 amide bonds. The predicted octanol–water partition coefficient (Wildman–Crippen LogP) is 4.31. The smallest absolute Gasteiger partial charge is 0.376 e. The van der Waals surface area contributed by atoms with Crippen LogP contribution in [0.25, 0.3) is 5.65 Å². The lowest BCUT2D eigenvalue weighted by molar-refractivity contribution is -0.137. The third kappa shape index (κ3) is 4.39. The highest BCUT2D eigenvalue weighted by molar-refractivity contribution is 5.94. The number of anilines is 2. The number of nitrogens with one attached hydrogen (secondary N) is 1. The molecule has 0 spiro atoms. The van der Waals surface area contributed by atoms with E-state index in [4.69, 9.17) is 0 Å². The lowest BCUT2D eigenvalue weighted by Crippen LogP contribution is -2.18. The maximum Gasteiger partial charge on any atom is 0.416 e. The minimum absolute atomic E-state index is 0.109. The average Bonchev–Trinajstić information content (AvgIpc) is 3.00. The minimum atomic E-state index is -4.48. The zero-order valence-corrected chi connectivity index (χ0v) is 17.6. The van der Waals surface area contributed by atoms with Gasteiger partial charge in [-0.15, -0.1) is 0 Å². The maximum absolute atomic E-state index is 13.1. The summed E-state index contributed by atoms with van der Waals surface area (Å²) in [6, 6.07) is 5.20. The summed E-state index contributed by atoms with van der Waals surface area (Å²) in [6.07, 6.45) is -3.97. The van der Waals surface area contributed by atoms with Gasteiger partial charge in [-0.3, -0.25) is 4.79 Å². The monoisotopic (exact) mass is 419 g/mol. The summed E-state index contributed by atoms with van der Waals surface area (Å²) in [5.74, 6) is -0.368. The number of aromatic nitrogens is 3. The van der Waals surface area contributed by atoms with E-state index in [1.807, 2.05) is 26.8 Å². The zero-order chi connectivity index (χ0) is 22.2. The zero-order valence-electron chi connectivity index (χ0n) is 17.6. The third-order valence-electron chi connectivity index (χ3n) is 4.97. The normalized spacial score (nSPS) is 11.7. The van der Waals surface area contributed by atoms with Gasteiger partial charge in [0, 0.05) is 38.0 Å². The fourth-order valence-corrected chi connectivity index (χ4v) is 3.46. The number of alkyl halides is 3. The quantitative estimate of drug-likeness (QED) is 0.670. The number of amides is 1. The predicted molar refractivity (Wildman–Crippen MR) is 110 cm³/mol. The van der Waals surface area contributed by atoms with Crippen molar-refractivity contribution in [2.75, 3.05) is 24.3 Å². The maximum atomic E-state index is 13.1. The number of benzene rings is 1. The van der Waals surface area contributed by atoms with E-state index in [1.54, 1.807) is 23.5 Å². The van der Waals surface area contributed by atoms with Crippen molar-refractivity contribution in [3.05, 3.63) is 52.5 Å². The highest BCUT2D eigenvalue weighted by Crippen LogP contribution is 2.35. The van der Waals surface area contributed by atoms with Crippen LogP contribution in [-0.2, 0) is 17.4 Å². The molecule has 1 aromatic carbocycles. The van der Waals surface area contributed by atoms with Crippen LogP contribution in [0, 0.1) is 20.8 Å². The number of hydrogen-bond acceptors (Lipinski definition) is 4. The number of halogens is 3. The number of nitrogens with zero attached hydrogens (tertiary/aromatic N) is 4. The van der Waals surface area contributed by atoms with Crippen LogP contribution in [0.15, 0.2) is 24.3 Å². The highest BCUT2D eigenvalue weighted by atomic mass is 19.4. The van der Waals surface area contributed by atoms with Crippen LogP contribution in [0.3, 0.4) is 0 Å². The molecule has 0 atom stereocenters. The molecule has 6 nitrogen and oxygen atoms in total. The molecule has 2 aromatic heterocycles. The summed E-state index contributed by atoms with van der Waals surface area (Å²) in [5, 5.41) is 7.05. The van der Waals surface area contributed by atoms with Gasteiger partial charge in [0.1, 0.15) is 0 Å². The largest absolute Gasteiger partial charge is 0.416 e. The fraction of sp³-hybridized carbons (Fsp3) is 0.381. The Hall–Kier alpha value is -3.10. The van der Waals surface area contributed by atoms with E-state index in [-0.39, 0.29) is 18.0 Å². The molecule has 160 valence electrons. The van der Waals surface area contributed by atoms with Crippen molar-refractivity contribution >= 4 is 22.9 Å². The van der Waals surface area contributed by atoms with E-state index in [1.165, 1.54) is 6.07 Å². The van der Waals surface area contributed by atoms with Gasteiger partial charge >= 0.3 is 6.18 Å². The number of rotatable bonds is 5. The standard InChI is InChI=1S/C21H24F3N5O/c1-12-10-19-25-13(2)16(14(3)29(19)27-12)7-9-20(30)26-17-11-15(21(22,23)24)6-8-18(17)28(4)5/h6,8,10-11H,7,9H2,1-5H3,(H,26,30). The van der Waals surface area contributed by atoms with Crippen molar-refractivity contribution in [2.45, 2.75) is 39.8 Å². The summed E-state index contributed by atoms with van der Waals surface area (Å²) >= 11 is 0. The lowest BCUT2D eigenvalue weighted by atomic mass is 10.1. The van der Waals surface area contributed by atoms with Gasteiger partial charge in [-0.2, -0.15) is 18.3 Å². The molecule has 9 heteroatoms. The van der Waals surface area contributed by atoms with Gasteiger partial charge in [-0.1, -0.05) is 0 Å². The van der Waals surface area contributed by atoms with E-state index >= 15 is 0 Å². The van der Waals surface area contributed by atoms with Crippen LogP contribution in [0.5, 0.6) is 0 Å². The van der Waals surface area contributed by atoms with Gasteiger partial charge in [0.2, 0.25) is 5.91 Å². The molecule has 0 aliphatic heterocycles. The van der Waals surface area contributed by atoms with Gasteiger partial charge in [0.25, 0.3) is 0 Å². The molecule has 0 aliphatic rings. The summed E-state index contributed by atoms with van der Waals surface area (Å²) in [7, 11) is 3.41. The molecule has 0 fully saturated rings. The van der Waals surface area contributed by atoms with Crippen LogP contribution >= 0.6 is 0 Å². The van der Waals surface area contributed by atoms with Gasteiger partial charge in [0.05, 0.1) is 22.6 Å². The van der Waals surface area contributed by atoms with E-state index in [9.17, 15) is 18.0 Å². The second kappa shape index (κ2) is 7.97. The highest BCUT2D eigenvalue weighted by Gasteiger charge is 2.31. The third-order valence-corrected chi connectivity index (χ3v) is 4.97. The lowest BCUT2D eigenvalue weighted by Gasteiger charge is -2.20. The van der Waals surface area contributed by atoms with Gasteiger partial charge in [-0.25, -0.2) is 9.50 Å². The average molecular weight is 419 g/mol. The Labute approximate surface area is 172 Å². The molecule has 0 bridgehead atoms. The number of carbonyl (C=O) groups is 1. The molecule has 0 aliphatic carbocycles. The first-order chi connectivity index (χ1) is 14.0. The Morgan fingerprint density at radius 1 is 1.17 bits per heavy atom. The molecule has 1 N–H and O–H groups in total. The van der Waals surface area contributed by atoms with Crippen molar-refractivity contribution in [1.82, 2.24) is 14.6 Å². The molecular formula is C21H24F3N5O. The fourth-order valence-electron chi connectivity index (χ4n) is 3.46. The van der Waals surface area contributed by atoms with Crippen molar-refractivity contribution in [2.24, 2.45) is 0 Å². The van der Waals surface area contributed by atoms with Crippen LogP contribution in [0.1, 0.15) is 34.6 Å². The Kier molecular flexibility index (Phi) is 5.74. The second-order valence-electron chi connectivity index (χ2n) is 7.49. The summed E-state index contributed by atoms with van der Waals surface area (Å²) in [5.41, 5.74) is 4.02.